The SMILES string of the molecule is CC(=O)c1ccc(N2CCN(C(=O)CSC(=S)N3[C@@H](C)CCC[C@@H]3C)CC2)cc1. The lowest BCUT2D eigenvalue weighted by Gasteiger charge is -2.40. The average molecular weight is 434 g/mol. The zero-order chi connectivity index (χ0) is 21.0. The maximum Gasteiger partial charge on any atom is 0.233 e. The van der Waals surface area contributed by atoms with Crippen molar-refractivity contribution < 1.29 is 9.59 Å². The lowest BCUT2D eigenvalue weighted by atomic mass is 9.99. The summed E-state index contributed by atoms with van der Waals surface area (Å²) in [5.41, 5.74) is 1.83. The van der Waals surface area contributed by atoms with Crippen LogP contribution in [-0.4, -0.2) is 69.8 Å². The molecule has 0 aliphatic carbocycles. The molecule has 1 aromatic carbocycles. The first-order chi connectivity index (χ1) is 13.9. The number of amides is 1. The Morgan fingerprint density at radius 3 is 2.17 bits per heavy atom. The summed E-state index contributed by atoms with van der Waals surface area (Å²) in [7, 11) is 0. The van der Waals surface area contributed by atoms with E-state index in [1.807, 2.05) is 29.2 Å². The molecule has 29 heavy (non-hydrogen) atoms. The van der Waals surface area contributed by atoms with E-state index in [1.165, 1.54) is 31.0 Å². The van der Waals surface area contributed by atoms with Gasteiger partial charge in [0, 0.05) is 49.5 Å². The highest BCUT2D eigenvalue weighted by Gasteiger charge is 2.28. The zero-order valence-corrected chi connectivity index (χ0v) is 19.2. The van der Waals surface area contributed by atoms with Crippen LogP contribution in [0.2, 0.25) is 0 Å². The van der Waals surface area contributed by atoms with Gasteiger partial charge in [-0.25, -0.2) is 0 Å². The third-order valence-corrected chi connectivity index (χ3v) is 7.41. The third-order valence-electron chi connectivity index (χ3n) is 5.99. The van der Waals surface area contributed by atoms with E-state index in [2.05, 4.69) is 23.6 Å². The molecule has 0 aromatic heterocycles. The van der Waals surface area contributed by atoms with E-state index in [0.717, 1.165) is 41.8 Å². The molecule has 0 unspecified atom stereocenters. The second-order valence-electron chi connectivity index (χ2n) is 8.06. The van der Waals surface area contributed by atoms with Gasteiger partial charge in [-0.1, -0.05) is 24.0 Å². The van der Waals surface area contributed by atoms with Crippen molar-refractivity contribution in [2.24, 2.45) is 0 Å². The van der Waals surface area contributed by atoms with Crippen molar-refractivity contribution in [1.29, 1.82) is 0 Å². The smallest absolute Gasteiger partial charge is 0.233 e. The van der Waals surface area contributed by atoms with Crippen molar-refractivity contribution in [3.05, 3.63) is 29.8 Å². The van der Waals surface area contributed by atoms with Crippen LogP contribution in [0.15, 0.2) is 24.3 Å². The fourth-order valence-electron chi connectivity index (χ4n) is 4.19. The second-order valence-corrected chi connectivity index (χ2v) is 9.67. The van der Waals surface area contributed by atoms with Crippen molar-refractivity contribution >= 4 is 45.7 Å². The topological polar surface area (TPSA) is 43.9 Å². The largest absolute Gasteiger partial charge is 0.368 e. The van der Waals surface area contributed by atoms with E-state index in [-0.39, 0.29) is 11.7 Å². The number of hydrogen-bond donors (Lipinski definition) is 0. The predicted octanol–water partition coefficient (Wildman–Crippen LogP) is 3.82. The molecule has 2 fully saturated rings. The van der Waals surface area contributed by atoms with Crippen molar-refractivity contribution in [3.63, 3.8) is 0 Å². The highest BCUT2D eigenvalue weighted by atomic mass is 32.2. The number of benzene rings is 1. The average Bonchev–Trinajstić information content (AvgIpc) is 2.72. The summed E-state index contributed by atoms with van der Waals surface area (Å²) >= 11 is 7.16. The molecule has 0 spiro atoms. The van der Waals surface area contributed by atoms with Gasteiger partial charge in [-0.15, -0.1) is 0 Å². The number of nitrogens with zero attached hydrogens (tertiary/aromatic N) is 3. The van der Waals surface area contributed by atoms with E-state index >= 15 is 0 Å². The Kier molecular flexibility index (Phi) is 7.57. The van der Waals surface area contributed by atoms with E-state index < -0.39 is 0 Å². The number of ketones is 1. The molecule has 0 bridgehead atoms. The van der Waals surface area contributed by atoms with Gasteiger partial charge in [-0.05, 0) is 64.3 Å². The highest BCUT2D eigenvalue weighted by Crippen LogP contribution is 2.27. The van der Waals surface area contributed by atoms with Crippen LogP contribution >= 0.6 is 24.0 Å². The monoisotopic (exact) mass is 433 g/mol. The standard InChI is InChI=1S/C22H31N3O2S2/c1-16-5-4-6-17(2)25(16)22(28)29-15-21(27)24-13-11-23(12-14-24)20-9-7-19(8-10-20)18(3)26/h7-10,16-17H,4-6,11-15H2,1-3H3/t16-,17-/m0/s1. The fraction of sp³-hybridized carbons (Fsp3) is 0.591. The number of rotatable bonds is 4. The van der Waals surface area contributed by atoms with Crippen molar-refractivity contribution in [2.45, 2.75) is 52.1 Å². The first-order valence-electron chi connectivity index (χ1n) is 10.5. The van der Waals surface area contributed by atoms with E-state index in [0.29, 0.717) is 17.8 Å². The molecule has 3 rings (SSSR count). The molecular formula is C22H31N3O2S2. The summed E-state index contributed by atoms with van der Waals surface area (Å²) in [6.45, 7) is 9.09. The van der Waals surface area contributed by atoms with Gasteiger partial charge in [0.05, 0.1) is 5.75 Å². The Morgan fingerprint density at radius 2 is 1.62 bits per heavy atom. The molecule has 1 amide bonds. The summed E-state index contributed by atoms with van der Waals surface area (Å²) in [6, 6.07) is 8.65. The number of piperidine rings is 1. The number of thioether (sulfide) groups is 1. The quantitative estimate of drug-likeness (QED) is 0.531. The number of Topliss-reactive ketones (excluding diaryl/α,β-unsaturated/α-hetero) is 1. The Bertz CT molecular complexity index is 735. The van der Waals surface area contributed by atoms with Gasteiger partial charge >= 0.3 is 0 Å². The number of piperazine rings is 1. The lowest BCUT2D eigenvalue weighted by molar-refractivity contribution is -0.128. The van der Waals surface area contributed by atoms with Gasteiger partial charge in [0.25, 0.3) is 0 Å². The molecule has 158 valence electrons. The van der Waals surface area contributed by atoms with Crippen LogP contribution in [0.25, 0.3) is 0 Å². The minimum Gasteiger partial charge on any atom is -0.368 e. The maximum absolute atomic E-state index is 12.7. The number of anilines is 1. The Hall–Kier alpha value is -1.60. The molecule has 0 saturated carbocycles. The highest BCUT2D eigenvalue weighted by molar-refractivity contribution is 8.23. The number of thiocarbonyl (C=S) groups is 1. The number of carbonyl (C=O) groups is 2. The molecule has 5 nitrogen and oxygen atoms in total. The first-order valence-corrected chi connectivity index (χ1v) is 11.8. The molecule has 2 aliphatic heterocycles. The Balaban J connectivity index is 1.46. The molecule has 1 aromatic rings. The van der Waals surface area contributed by atoms with Crippen molar-refractivity contribution in [1.82, 2.24) is 9.80 Å². The van der Waals surface area contributed by atoms with Crippen molar-refractivity contribution in [2.75, 3.05) is 36.8 Å². The van der Waals surface area contributed by atoms with Gasteiger partial charge in [-0.3, -0.25) is 9.59 Å². The van der Waals surface area contributed by atoms with Crippen molar-refractivity contribution in [3.8, 4) is 0 Å². The molecule has 2 heterocycles. The number of carbonyl (C=O) groups excluding carboxylic acids is 2. The third kappa shape index (κ3) is 5.51. The fourth-order valence-corrected chi connectivity index (χ4v) is 5.67. The lowest BCUT2D eigenvalue weighted by Crippen LogP contribution is -2.50. The summed E-state index contributed by atoms with van der Waals surface area (Å²) in [4.78, 5) is 30.6. The molecule has 7 heteroatoms. The van der Waals surface area contributed by atoms with Crippen LogP contribution in [0.3, 0.4) is 0 Å². The number of likely N-dealkylation sites (tertiary alicyclic amines) is 1. The van der Waals surface area contributed by atoms with Crippen LogP contribution in [0.4, 0.5) is 5.69 Å². The molecular weight excluding hydrogens is 402 g/mol. The maximum atomic E-state index is 12.7. The van der Waals surface area contributed by atoms with E-state index in [1.54, 1.807) is 6.92 Å². The molecule has 2 aliphatic rings. The van der Waals surface area contributed by atoms with Gasteiger partial charge in [0.1, 0.15) is 4.32 Å². The summed E-state index contributed by atoms with van der Waals surface area (Å²) in [5, 5.41) is 0. The second kappa shape index (κ2) is 9.94. The Morgan fingerprint density at radius 1 is 1.03 bits per heavy atom. The summed E-state index contributed by atoms with van der Waals surface area (Å²) in [6.07, 6.45) is 3.61. The molecule has 2 atom stereocenters. The molecule has 0 radical (unpaired) electrons. The molecule has 0 N–H and O–H groups in total. The van der Waals surface area contributed by atoms with E-state index in [4.69, 9.17) is 12.2 Å². The Labute approximate surface area is 183 Å². The summed E-state index contributed by atoms with van der Waals surface area (Å²) in [5.74, 6) is 0.666. The molecule has 2 saturated heterocycles. The predicted molar refractivity (Wildman–Crippen MR) is 125 cm³/mol. The normalized spacial score (nSPS) is 22.5. The summed E-state index contributed by atoms with van der Waals surface area (Å²) < 4.78 is 0.863. The van der Waals surface area contributed by atoms with Crippen LogP contribution in [-0.2, 0) is 4.79 Å². The van der Waals surface area contributed by atoms with Gasteiger partial charge < -0.3 is 14.7 Å². The minimum absolute atomic E-state index is 0.0794. The van der Waals surface area contributed by atoms with E-state index in [9.17, 15) is 9.59 Å². The zero-order valence-electron chi connectivity index (χ0n) is 17.6. The minimum atomic E-state index is 0.0794. The van der Waals surface area contributed by atoms with Gasteiger partial charge in [0.2, 0.25) is 5.91 Å². The van der Waals surface area contributed by atoms with Crippen LogP contribution in [0.5, 0.6) is 0 Å². The number of hydrogen-bond acceptors (Lipinski definition) is 5. The van der Waals surface area contributed by atoms with Crippen LogP contribution < -0.4 is 4.90 Å². The van der Waals surface area contributed by atoms with Gasteiger partial charge in [0.15, 0.2) is 5.78 Å². The van der Waals surface area contributed by atoms with Crippen LogP contribution in [0, 0.1) is 0 Å². The van der Waals surface area contributed by atoms with Gasteiger partial charge in [-0.2, -0.15) is 0 Å². The first kappa shape index (κ1) is 22.1. The van der Waals surface area contributed by atoms with Crippen LogP contribution in [0.1, 0.15) is 50.4 Å².